The van der Waals surface area contributed by atoms with E-state index in [0.29, 0.717) is 0 Å². The molecule has 2 nitrogen and oxygen atoms in total. The Hall–Kier alpha value is -0.920. The van der Waals surface area contributed by atoms with Gasteiger partial charge < -0.3 is 10.6 Å². The van der Waals surface area contributed by atoms with Crippen LogP contribution in [0, 0.1) is 0 Å². The molecular weight excluding hydrogens is 148 g/mol. The van der Waals surface area contributed by atoms with E-state index < -0.39 is 0 Å². The SMILES string of the molecule is C=C(C)CCC.C=C(NC)NC. The summed E-state index contributed by atoms with van der Waals surface area (Å²) in [7, 11) is 3.64. The second-order valence-corrected chi connectivity index (χ2v) is 2.69. The Labute approximate surface area is 76.8 Å². The second kappa shape index (κ2) is 10.1. The Morgan fingerprint density at radius 3 is 1.58 bits per heavy atom. The molecule has 0 aliphatic rings. The fourth-order valence-corrected chi connectivity index (χ4v) is 0.552. The average Bonchev–Trinajstić information content (AvgIpc) is 2.04. The fraction of sp³-hybridized carbons (Fsp3) is 0.600. The van der Waals surface area contributed by atoms with Gasteiger partial charge in [-0.05, 0) is 13.3 Å². The Morgan fingerprint density at radius 1 is 1.17 bits per heavy atom. The maximum Gasteiger partial charge on any atom is 0.0907 e. The highest BCUT2D eigenvalue weighted by Crippen LogP contribution is 1.96. The van der Waals surface area contributed by atoms with Gasteiger partial charge in [-0.1, -0.05) is 25.5 Å². The van der Waals surface area contributed by atoms with Gasteiger partial charge in [-0.3, -0.25) is 0 Å². The number of nitrogens with one attached hydrogen (secondary N) is 2. The summed E-state index contributed by atoms with van der Waals surface area (Å²) in [5, 5.41) is 5.62. The monoisotopic (exact) mass is 170 g/mol. The molecule has 2 heteroatoms. The third kappa shape index (κ3) is 16.0. The summed E-state index contributed by atoms with van der Waals surface area (Å²) >= 11 is 0. The van der Waals surface area contributed by atoms with E-state index in [4.69, 9.17) is 0 Å². The predicted molar refractivity (Wildman–Crippen MR) is 57.0 cm³/mol. The molecule has 0 fully saturated rings. The molecule has 0 heterocycles. The van der Waals surface area contributed by atoms with Crippen LogP contribution >= 0.6 is 0 Å². The van der Waals surface area contributed by atoms with Crippen LogP contribution < -0.4 is 10.6 Å². The second-order valence-electron chi connectivity index (χ2n) is 2.69. The number of hydrogen-bond donors (Lipinski definition) is 2. The van der Waals surface area contributed by atoms with E-state index in [0.717, 1.165) is 5.82 Å². The molecule has 0 aliphatic heterocycles. The molecule has 0 aromatic rings. The van der Waals surface area contributed by atoms with E-state index >= 15 is 0 Å². The van der Waals surface area contributed by atoms with E-state index in [1.54, 1.807) is 0 Å². The lowest BCUT2D eigenvalue weighted by atomic mass is 10.2. The Bertz CT molecular complexity index is 122. The molecule has 0 saturated heterocycles. The van der Waals surface area contributed by atoms with Gasteiger partial charge in [0, 0.05) is 14.1 Å². The summed E-state index contributed by atoms with van der Waals surface area (Å²) in [5.74, 6) is 0.843. The van der Waals surface area contributed by atoms with E-state index in [1.165, 1.54) is 18.4 Å². The normalized spacial score (nSPS) is 7.67. The van der Waals surface area contributed by atoms with Gasteiger partial charge >= 0.3 is 0 Å². The molecular formula is C10H22N2. The van der Waals surface area contributed by atoms with Crippen molar-refractivity contribution < 1.29 is 0 Å². The molecule has 2 N–H and O–H groups in total. The molecule has 72 valence electrons. The molecule has 0 bridgehead atoms. The van der Waals surface area contributed by atoms with Gasteiger partial charge in [0.25, 0.3) is 0 Å². The molecule has 0 radical (unpaired) electrons. The zero-order chi connectivity index (χ0) is 9.98. The van der Waals surface area contributed by atoms with Crippen molar-refractivity contribution in [3.8, 4) is 0 Å². The van der Waals surface area contributed by atoms with Crippen LogP contribution in [-0.2, 0) is 0 Å². The minimum absolute atomic E-state index is 0.843. The first-order valence-electron chi connectivity index (χ1n) is 4.27. The van der Waals surface area contributed by atoms with Gasteiger partial charge in [-0.15, -0.1) is 6.58 Å². The van der Waals surface area contributed by atoms with Crippen molar-refractivity contribution in [3.63, 3.8) is 0 Å². The first-order chi connectivity index (χ1) is 5.58. The lowest BCUT2D eigenvalue weighted by Gasteiger charge is -1.98. The van der Waals surface area contributed by atoms with Gasteiger partial charge in [0.15, 0.2) is 0 Å². The van der Waals surface area contributed by atoms with Crippen LogP contribution in [-0.4, -0.2) is 14.1 Å². The first kappa shape index (κ1) is 13.7. The lowest BCUT2D eigenvalue weighted by Crippen LogP contribution is -2.17. The molecule has 0 saturated carbocycles. The summed E-state index contributed by atoms with van der Waals surface area (Å²) < 4.78 is 0. The van der Waals surface area contributed by atoms with Crippen molar-refractivity contribution in [1.82, 2.24) is 10.6 Å². The highest BCUT2D eigenvalue weighted by atomic mass is 15.0. The molecule has 0 atom stereocenters. The van der Waals surface area contributed by atoms with Crippen molar-refractivity contribution in [2.75, 3.05) is 14.1 Å². The molecule has 0 amide bonds. The topological polar surface area (TPSA) is 24.1 Å². The summed E-state index contributed by atoms with van der Waals surface area (Å²) in [6.07, 6.45) is 2.41. The maximum atomic E-state index is 3.74. The summed E-state index contributed by atoms with van der Waals surface area (Å²) in [6.45, 7) is 11.5. The van der Waals surface area contributed by atoms with Crippen molar-refractivity contribution in [1.29, 1.82) is 0 Å². The summed E-state index contributed by atoms with van der Waals surface area (Å²) in [5.41, 5.74) is 1.29. The molecule has 12 heavy (non-hydrogen) atoms. The van der Waals surface area contributed by atoms with E-state index in [2.05, 4.69) is 37.6 Å². The third-order valence-corrected chi connectivity index (χ3v) is 1.28. The van der Waals surface area contributed by atoms with Crippen LogP contribution in [0.2, 0.25) is 0 Å². The first-order valence-corrected chi connectivity index (χ1v) is 4.27. The Balaban J connectivity index is 0. The smallest absolute Gasteiger partial charge is 0.0907 e. The minimum Gasteiger partial charge on any atom is -0.375 e. The van der Waals surface area contributed by atoms with Gasteiger partial charge in [0.2, 0.25) is 0 Å². The Morgan fingerprint density at radius 2 is 1.58 bits per heavy atom. The molecule has 0 unspecified atom stereocenters. The van der Waals surface area contributed by atoms with Gasteiger partial charge in [-0.2, -0.15) is 0 Å². The quantitative estimate of drug-likeness (QED) is 0.632. The Kier molecular flexibility index (Phi) is 11.5. The van der Waals surface area contributed by atoms with Crippen molar-refractivity contribution >= 4 is 0 Å². The highest BCUT2D eigenvalue weighted by Gasteiger charge is 1.76. The average molecular weight is 170 g/mol. The molecule has 0 aliphatic carbocycles. The molecule has 0 rings (SSSR count). The van der Waals surface area contributed by atoms with Crippen LogP contribution in [0.25, 0.3) is 0 Å². The van der Waals surface area contributed by atoms with Gasteiger partial charge in [0.1, 0.15) is 0 Å². The van der Waals surface area contributed by atoms with Crippen LogP contribution in [0.5, 0.6) is 0 Å². The zero-order valence-corrected chi connectivity index (χ0v) is 8.83. The highest BCUT2D eigenvalue weighted by molar-refractivity contribution is 4.86. The standard InChI is InChI=1S/C6H12.C4H10N2/c1-4-5-6(2)3;1-4(5-2)6-3/h2,4-5H2,1,3H3;5-6H,1H2,2-3H3. The zero-order valence-electron chi connectivity index (χ0n) is 8.83. The van der Waals surface area contributed by atoms with Crippen LogP contribution in [0.1, 0.15) is 26.7 Å². The molecule has 0 aromatic heterocycles. The minimum atomic E-state index is 0.843. The lowest BCUT2D eigenvalue weighted by molar-refractivity contribution is 0.844. The van der Waals surface area contributed by atoms with Crippen LogP contribution in [0.4, 0.5) is 0 Å². The van der Waals surface area contributed by atoms with Crippen LogP contribution in [0.15, 0.2) is 24.6 Å². The summed E-state index contributed by atoms with van der Waals surface area (Å²) in [4.78, 5) is 0. The van der Waals surface area contributed by atoms with Gasteiger partial charge in [-0.25, -0.2) is 0 Å². The predicted octanol–water partition coefficient (Wildman–Crippen LogP) is 2.26. The largest absolute Gasteiger partial charge is 0.375 e. The maximum absolute atomic E-state index is 3.74. The van der Waals surface area contributed by atoms with Gasteiger partial charge in [0.05, 0.1) is 5.82 Å². The molecule has 0 spiro atoms. The van der Waals surface area contributed by atoms with E-state index in [1.807, 2.05) is 14.1 Å². The van der Waals surface area contributed by atoms with Crippen molar-refractivity contribution in [2.24, 2.45) is 0 Å². The molecule has 0 aromatic carbocycles. The van der Waals surface area contributed by atoms with E-state index in [9.17, 15) is 0 Å². The number of rotatable bonds is 4. The number of hydrogen-bond acceptors (Lipinski definition) is 2. The van der Waals surface area contributed by atoms with Crippen molar-refractivity contribution in [2.45, 2.75) is 26.7 Å². The summed E-state index contributed by atoms with van der Waals surface area (Å²) in [6, 6.07) is 0. The van der Waals surface area contributed by atoms with Crippen molar-refractivity contribution in [3.05, 3.63) is 24.6 Å². The third-order valence-electron chi connectivity index (χ3n) is 1.28. The fourth-order valence-electron chi connectivity index (χ4n) is 0.552. The van der Waals surface area contributed by atoms with Crippen LogP contribution in [0.3, 0.4) is 0 Å². The van der Waals surface area contributed by atoms with E-state index in [-0.39, 0.29) is 0 Å². The number of allylic oxidation sites excluding steroid dienone is 1.